The highest BCUT2D eigenvalue weighted by Gasteiger charge is 2.53. The molecule has 2 aromatic rings. The van der Waals surface area contributed by atoms with E-state index in [0.717, 1.165) is 35.8 Å². The third-order valence-corrected chi connectivity index (χ3v) is 18.1. The van der Waals surface area contributed by atoms with Crippen molar-refractivity contribution in [1.82, 2.24) is 0 Å². The number of hydrogen-bond acceptors (Lipinski definition) is 4. The Morgan fingerprint density at radius 2 is 0.901 bits per heavy atom. The minimum Gasteiger partial charge on any atom is -0.399 e. The van der Waals surface area contributed by atoms with Crippen molar-refractivity contribution in [2.24, 2.45) is 0 Å². The van der Waals surface area contributed by atoms with E-state index in [1.807, 2.05) is 0 Å². The highest BCUT2D eigenvalue weighted by molar-refractivity contribution is 6.62. The largest absolute Gasteiger partial charge is 0.494 e. The van der Waals surface area contributed by atoms with Gasteiger partial charge in [-0.3, -0.25) is 0 Å². The zero-order valence-corrected chi connectivity index (χ0v) is 48.3. The van der Waals surface area contributed by atoms with Crippen LogP contribution in [0, 0.1) is 0 Å². The fourth-order valence-electron chi connectivity index (χ4n) is 11.8. The lowest BCUT2D eigenvalue weighted by Gasteiger charge is -2.40. The second-order valence-electron chi connectivity index (χ2n) is 24.8. The van der Waals surface area contributed by atoms with Crippen molar-refractivity contribution >= 4 is 25.3 Å². The molecule has 0 amide bonds. The van der Waals surface area contributed by atoms with Crippen LogP contribution in [0.4, 0.5) is 0 Å². The van der Waals surface area contributed by atoms with Crippen LogP contribution < -0.4 is 5.46 Å². The number of unbranched alkanes of at least 4 members (excludes halogenated alkanes) is 20. The Morgan fingerprint density at radius 3 is 1.38 bits per heavy atom. The van der Waals surface area contributed by atoms with Gasteiger partial charge in [0.1, 0.15) is 0 Å². The smallest absolute Gasteiger partial charge is 0.399 e. The van der Waals surface area contributed by atoms with E-state index in [0.29, 0.717) is 0 Å². The SMILES string of the molecule is C=C1/C=C\C(B2OC(C)(C)C(C)(C)O2)=C/CC(CCCCCCCC)(CCCCCCCC)c2ccc(C(CCCCCCCC)(CCCCCCCC)c3cccc(B4OC(C)(C)C(C)(C)O4)c3)cc21. The van der Waals surface area contributed by atoms with Crippen molar-refractivity contribution < 1.29 is 18.6 Å². The van der Waals surface area contributed by atoms with Crippen molar-refractivity contribution in [3.63, 3.8) is 0 Å². The van der Waals surface area contributed by atoms with E-state index in [1.165, 1.54) is 189 Å². The Labute approximate surface area is 439 Å². The summed E-state index contributed by atoms with van der Waals surface area (Å²) in [6, 6.07) is 17.4. The first-order chi connectivity index (χ1) is 33.9. The van der Waals surface area contributed by atoms with Gasteiger partial charge in [0.05, 0.1) is 22.4 Å². The summed E-state index contributed by atoms with van der Waals surface area (Å²) in [4.78, 5) is 0. The molecule has 2 saturated heterocycles. The Bertz CT molecular complexity index is 1910. The van der Waals surface area contributed by atoms with Crippen LogP contribution in [0.1, 0.15) is 292 Å². The summed E-state index contributed by atoms with van der Waals surface area (Å²) in [6.45, 7) is 31.7. The fraction of sp³-hybridized carbons (Fsp3) is 0.723. The quantitative estimate of drug-likeness (QED) is 0.0541. The maximum absolute atomic E-state index is 6.82. The molecule has 0 radical (unpaired) electrons. The van der Waals surface area contributed by atoms with Crippen LogP contribution in [-0.4, -0.2) is 36.6 Å². The summed E-state index contributed by atoms with van der Waals surface area (Å²) in [7, 11) is -0.819. The Balaban J connectivity index is 1.70. The summed E-state index contributed by atoms with van der Waals surface area (Å²) in [5, 5.41) is 0. The van der Waals surface area contributed by atoms with E-state index in [-0.39, 0.29) is 10.8 Å². The molecule has 2 fully saturated rings. The zero-order chi connectivity index (χ0) is 51.6. The molecule has 71 heavy (non-hydrogen) atoms. The summed E-state index contributed by atoms with van der Waals surface area (Å²) >= 11 is 0. The van der Waals surface area contributed by atoms with E-state index in [4.69, 9.17) is 25.2 Å². The molecule has 0 bridgehead atoms. The average Bonchev–Trinajstić information content (AvgIpc) is 3.72. The fourth-order valence-corrected chi connectivity index (χ4v) is 11.8. The number of benzene rings is 2. The number of fused-ring (bicyclic) bond motifs is 1. The first-order valence-electron chi connectivity index (χ1n) is 30.0. The van der Waals surface area contributed by atoms with Crippen LogP contribution in [0.5, 0.6) is 0 Å². The number of rotatable bonds is 32. The van der Waals surface area contributed by atoms with Crippen molar-refractivity contribution in [2.45, 2.75) is 303 Å². The molecule has 0 N–H and O–H groups in total. The molecule has 0 unspecified atom stereocenters. The molecule has 0 spiro atoms. The highest BCUT2D eigenvalue weighted by atomic mass is 16.7. The zero-order valence-electron chi connectivity index (χ0n) is 48.3. The molecule has 0 atom stereocenters. The van der Waals surface area contributed by atoms with Crippen LogP contribution in [-0.2, 0) is 29.4 Å². The van der Waals surface area contributed by atoms with Crippen molar-refractivity contribution in [3.8, 4) is 0 Å². The van der Waals surface area contributed by atoms with Crippen LogP contribution in [0.25, 0.3) is 5.57 Å². The van der Waals surface area contributed by atoms with Crippen molar-refractivity contribution in [3.05, 3.63) is 95.0 Å². The topological polar surface area (TPSA) is 36.9 Å². The van der Waals surface area contributed by atoms with Gasteiger partial charge in [-0.15, -0.1) is 0 Å². The molecule has 0 aromatic heterocycles. The van der Waals surface area contributed by atoms with Gasteiger partial charge >= 0.3 is 14.2 Å². The normalized spacial score (nSPS) is 20.3. The predicted octanol–water partition coefficient (Wildman–Crippen LogP) is 19.0. The second-order valence-corrected chi connectivity index (χ2v) is 24.8. The lowest BCUT2D eigenvalue weighted by Crippen LogP contribution is -2.41. The van der Waals surface area contributed by atoms with Gasteiger partial charge in [-0.2, -0.15) is 0 Å². The molecule has 5 rings (SSSR count). The van der Waals surface area contributed by atoms with Crippen LogP contribution in [0.2, 0.25) is 0 Å². The monoisotopic (exact) mass is 973 g/mol. The third-order valence-electron chi connectivity index (χ3n) is 18.1. The average molecular weight is 973 g/mol. The van der Waals surface area contributed by atoms with Crippen molar-refractivity contribution in [1.29, 1.82) is 0 Å². The second kappa shape index (κ2) is 28.0. The predicted molar refractivity (Wildman–Crippen MR) is 310 cm³/mol. The van der Waals surface area contributed by atoms with Crippen LogP contribution in [0.3, 0.4) is 0 Å². The van der Waals surface area contributed by atoms with Crippen LogP contribution in [0.15, 0.2) is 72.7 Å². The Kier molecular flexibility index (Phi) is 23.4. The van der Waals surface area contributed by atoms with E-state index in [1.54, 1.807) is 0 Å². The van der Waals surface area contributed by atoms with E-state index < -0.39 is 36.6 Å². The summed E-state index contributed by atoms with van der Waals surface area (Å²) in [5.74, 6) is 0. The third kappa shape index (κ3) is 15.8. The van der Waals surface area contributed by atoms with E-state index >= 15 is 0 Å². The first kappa shape index (κ1) is 59.5. The molecule has 2 aliphatic heterocycles. The molecule has 1 aliphatic carbocycles. The molecule has 0 saturated carbocycles. The van der Waals surface area contributed by atoms with Gasteiger partial charge in [0, 0.05) is 5.41 Å². The van der Waals surface area contributed by atoms with Gasteiger partial charge in [0.15, 0.2) is 0 Å². The van der Waals surface area contributed by atoms with Gasteiger partial charge in [-0.1, -0.05) is 243 Å². The molecular formula is C65H106B2O4. The molecule has 6 heteroatoms. The van der Waals surface area contributed by atoms with Gasteiger partial charge < -0.3 is 18.6 Å². The molecular weight excluding hydrogens is 866 g/mol. The first-order valence-corrected chi connectivity index (χ1v) is 30.0. The van der Waals surface area contributed by atoms with Gasteiger partial charge in [0.25, 0.3) is 0 Å². The van der Waals surface area contributed by atoms with Gasteiger partial charge in [0.2, 0.25) is 0 Å². The van der Waals surface area contributed by atoms with E-state index in [2.05, 4.69) is 144 Å². The minimum atomic E-state index is -0.417. The van der Waals surface area contributed by atoms with Crippen molar-refractivity contribution in [2.75, 3.05) is 0 Å². The number of hydrogen-bond donors (Lipinski definition) is 0. The van der Waals surface area contributed by atoms with Gasteiger partial charge in [-0.25, -0.2) is 0 Å². The van der Waals surface area contributed by atoms with E-state index in [9.17, 15) is 0 Å². The molecule has 2 heterocycles. The summed E-state index contributed by atoms with van der Waals surface area (Å²) < 4.78 is 27.2. The number of allylic oxidation sites excluding steroid dienone is 5. The lowest BCUT2D eigenvalue weighted by molar-refractivity contribution is 0.00578. The van der Waals surface area contributed by atoms with Gasteiger partial charge in [-0.05, 0) is 138 Å². The molecule has 2 aromatic carbocycles. The molecule has 396 valence electrons. The summed E-state index contributed by atoms with van der Waals surface area (Å²) in [6.07, 6.45) is 43.7. The molecule has 4 nitrogen and oxygen atoms in total. The summed E-state index contributed by atoms with van der Waals surface area (Å²) in [5.41, 5.74) is 7.21. The molecule has 3 aliphatic rings. The maximum atomic E-state index is 6.82. The standard InChI is InChI=1S/C65H106B2O4/c1-14-18-22-26-30-34-46-64(47-35-31-27-23-19-15-2)50-45-56(66-68-60(6,7)61(8,9)69-66)43-41-53(5)58-52-55(42-44-59(58)64)65(48-36-32-28-24-20-16-3,49-37-33-29-25-21-17-4)54-39-38-40-57(51-54)67-70-62(10,11)63(12,13)71-67/h38-45,51-52H,5,14-37,46-50H2,1-4,6-13H3/b43-41-,56-45+. The Morgan fingerprint density at radius 1 is 0.479 bits per heavy atom. The lowest BCUT2D eigenvalue weighted by atomic mass is 9.63. The Hall–Kier alpha value is -2.37. The highest BCUT2D eigenvalue weighted by Crippen LogP contribution is 2.49. The van der Waals surface area contributed by atoms with Crippen LogP contribution >= 0.6 is 0 Å². The minimum absolute atomic E-state index is 0.0366. The maximum Gasteiger partial charge on any atom is 0.494 e.